The molecule has 1 aliphatic rings. The van der Waals surface area contributed by atoms with Gasteiger partial charge in [-0.1, -0.05) is 6.07 Å². The zero-order valence-electron chi connectivity index (χ0n) is 11.4. The third-order valence-corrected chi connectivity index (χ3v) is 4.03. The predicted octanol–water partition coefficient (Wildman–Crippen LogP) is 3.19. The lowest BCUT2D eigenvalue weighted by molar-refractivity contribution is 0.198. The number of aryl methyl sites for hydroxylation is 1. The van der Waals surface area contributed by atoms with Crippen LogP contribution in [0, 0.1) is 6.92 Å². The minimum atomic E-state index is 0.480. The van der Waals surface area contributed by atoms with E-state index in [0.717, 1.165) is 0 Å². The second-order valence-electron chi connectivity index (χ2n) is 5.53. The Kier molecular flexibility index (Phi) is 2.86. The molecule has 3 heterocycles. The van der Waals surface area contributed by atoms with E-state index in [0.29, 0.717) is 12.1 Å². The lowest BCUT2D eigenvalue weighted by Gasteiger charge is -2.27. The van der Waals surface area contributed by atoms with Crippen LogP contribution in [-0.4, -0.2) is 26.9 Å². The maximum Gasteiger partial charge on any atom is 0.130 e. The highest BCUT2D eigenvalue weighted by atomic mass is 15.2. The van der Waals surface area contributed by atoms with Crippen molar-refractivity contribution in [2.75, 3.05) is 6.54 Å². The van der Waals surface area contributed by atoms with E-state index in [1.54, 1.807) is 0 Å². The molecular weight excluding hydrogens is 222 g/mol. The van der Waals surface area contributed by atoms with Crippen LogP contribution in [0.5, 0.6) is 0 Å². The number of imidazole rings is 1. The molecule has 3 heteroatoms. The van der Waals surface area contributed by atoms with Crippen molar-refractivity contribution in [3.8, 4) is 0 Å². The summed E-state index contributed by atoms with van der Waals surface area (Å²) >= 11 is 0. The van der Waals surface area contributed by atoms with Crippen LogP contribution in [0.1, 0.15) is 44.2 Å². The van der Waals surface area contributed by atoms with Gasteiger partial charge < -0.3 is 0 Å². The highest BCUT2D eigenvalue weighted by Crippen LogP contribution is 2.33. The van der Waals surface area contributed by atoms with E-state index in [4.69, 9.17) is 4.98 Å². The van der Waals surface area contributed by atoms with Crippen LogP contribution in [0.15, 0.2) is 24.4 Å². The highest BCUT2D eigenvalue weighted by Gasteiger charge is 2.30. The Morgan fingerprint density at radius 1 is 1.33 bits per heavy atom. The minimum absolute atomic E-state index is 0.480. The van der Waals surface area contributed by atoms with Crippen molar-refractivity contribution in [2.24, 2.45) is 0 Å². The third-order valence-electron chi connectivity index (χ3n) is 4.03. The van der Waals surface area contributed by atoms with E-state index < -0.39 is 0 Å². The van der Waals surface area contributed by atoms with Gasteiger partial charge in [-0.25, -0.2) is 4.98 Å². The third kappa shape index (κ3) is 1.74. The Morgan fingerprint density at radius 2 is 2.17 bits per heavy atom. The number of aromatic nitrogens is 2. The average Bonchev–Trinajstić information content (AvgIpc) is 2.94. The number of fused-ring (bicyclic) bond motifs is 1. The van der Waals surface area contributed by atoms with Crippen molar-refractivity contribution >= 4 is 5.52 Å². The minimum Gasteiger partial charge on any atom is -0.300 e. The van der Waals surface area contributed by atoms with E-state index in [1.165, 1.54) is 36.4 Å². The Balaban J connectivity index is 2.09. The fourth-order valence-electron chi connectivity index (χ4n) is 3.16. The summed E-state index contributed by atoms with van der Waals surface area (Å²) in [4.78, 5) is 7.26. The molecule has 1 fully saturated rings. The molecule has 0 radical (unpaired) electrons. The normalized spacial score (nSPS) is 21.2. The van der Waals surface area contributed by atoms with Gasteiger partial charge in [0, 0.05) is 11.7 Å². The van der Waals surface area contributed by atoms with Crippen molar-refractivity contribution in [1.29, 1.82) is 0 Å². The monoisotopic (exact) mass is 243 g/mol. The SMILES string of the molecule is Cc1cccc2cnc(C3CCCN3C(C)C)n12. The smallest absolute Gasteiger partial charge is 0.130 e. The molecule has 2 aromatic rings. The molecule has 1 unspecified atom stereocenters. The van der Waals surface area contributed by atoms with Gasteiger partial charge in [0.25, 0.3) is 0 Å². The summed E-state index contributed by atoms with van der Waals surface area (Å²) in [5.74, 6) is 1.22. The van der Waals surface area contributed by atoms with Crippen LogP contribution >= 0.6 is 0 Å². The lowest BCUT2D eigenvalue weighted by atomic mass is 10.2. The van der Waals surface area contributed by atoms with Crippen LogP contribution in [0.2, 0.25) is 0 Å². The van der Waals surface area contributed by atoms with Gasteiger partial charge in [0.05, 0.1) is 17.8 Å². The molecule has 0 N–H and O–H groups in total. The molecule has 0 amide bonds. The van der Waals surface area contributed by atoms with Gasteiger partial charge in [0.1, 0.15) is 5.82 Å². The summed E-state index contributed by atoms with van der Waals surface area (Å²) in [6.07, 6.45) is 4.51. The molecule has 1 saturated heterocycles. The Morgan fingerprint density at radius 3 is 2.94 bits per heavy atom. The first-order valence-corrected chi connectivity index (χ1v) is 6.87. The maximum absolute atomic E-state index is 4.69. The molecule has 1 atom stereocenters. The number of likely N-dealkylation sites (tertiary alicyclic amines) is 1. The van der Waals surface area contributed by atoms with Gasteiger partial charge in [0.15, 0.2) is 0 Å². The molecule has 0 aromatic carbocycles. The zero-order valence-corrected chi connectivity index (χ0v) is 11.4. The summed E-state index contributed by atoms with van der Waals surface area (Å²) in [6.45, 7) is 7.91. The molecule has 3 nitrogen and oxygen atoms in total. The van der Waals surface area contributed by atoms with Crippen molar-refractivity contribution in [3.05, 3.63) is 35.9 Å². The lowest BCUT2D eigenvalue weighted by Crippen LogP contribution is -2.31. The number of nitrogens with zero attached hydrogens (tertiary/aromatic N) is 3. The molecule has 0 aliphatic carbocycles. The van der Waals surface area contributed by atoms with E-state index in [2.05, 4.69) is 48.3 Å². The second-order valence-corrected chi connectivity index (χ2v) is 5.53. The number of hydrogen-bond donors (Lipinski definition) is 0. The largest absolute Gasteiger partial charge is 0.300 e. The van der Waals surface area contributed by atoms with Crippen molar-refractivity contribution in [3.63, 3.8) is 0 Å². The molecule has 0 saturated carbocycles. The predicted molar refractivity (Wildman–Crippen MR) is 73.7 cm³/mol. The zero-order chi connectivity index (χ0) is 12.7. The van der Waals surface area contributed by atoms with Crippen LogP contribution in [0.3, 0.4) is 0 Å². The van der Waals surface area contributed by atoms with E-state index >= 15 is 0 Å². The highest BCUT2D eigenvalue weighted by molar-refractivity contribution is 5.47. The first-order valence-electron chi connectivity index (χ1n) is 6.87. The Bertz CT molecular complexity index is 556. The Hall–Kier alpha value is -1.35. The maximum atomic E-state index is 4.69. The van der Waals surface area contributed by atoms with Gasteiger partial charge in [-0.15, -0.1) is 0 Å². The average molecular weight is 243 g/mol. The molecule has 96 valence electrons. The summed E-state index contributed by atoms with van der Waals surface area (Å²) in [5, 5.41) is 0. The van der Waals surface area contributed by atoms with Gasteiger partial charge in [0.2, 0.25) is 0 Å². The standard InChI is InChI=1S/C15H21N3/c1-11(2)17-9-5-8-14(17)15-16-10-13-7-4-6-12(3)18(13)15/h4,6-7,10-11,14H,5,8-9H2,1-3H3. The van der Waals surface area contributed by atoms with Gasteiger partial charge in [-0.05, 0) is 52.3 Å². The topological polar surface area (TPSA) is 20.5 Å². The van der Waals surface area contributed by atoms with E-state index in [-0.39, 0.29) is 0 Å². The fraction of sp³-hybridized carbons (Fsp3) is 0.533. The van der Waals surface area contributed by atoms with Crippen molar-refractivity contribution in [2.45, 2.75) is 45.7 Å². The summed E-state index contributed by atoms with van der Waals surface area (Å²) in [6, 6.07) is 7.47. The molecule has 0 bridgehead atoms. The molecular formula is C15H21N3. The Labute approximate surface area is 108 Å². The van der Waals surface area contributed by atoms with Crippen LogP contribution in [-0.2, 0) is 0 Å². The number of hydrogen-bond acceptors (Lipinski definition) is 2. The summed E-state index contributed by atoms with van der Waals surface area (Å²) in [7, 11) is 0. The second kappa shape index (κ2) is 4.39. The van der Waals surface area contributed by atoms with Gasteiger partial charge in [-0.2, -0.15) is 0 Å². The first kappa shape index (κ1) is 11.7. The van der Waals surface area contributed by atoms with Gasteiger partial charge >= 0.3 is 0 Å². The number of rotatable bonds is 2. The quantitative estimate of drug-likeness (QED) is 0.807. The molecule has 18 heavy (non-hydrogen) atoms. The first-order chi connectivity index (χ1) is 8.68. The molecule has 3 rings (SSSR count). The van der Waals surface area contributed by atoms with Crippen LogP contribution < -0.4 is 0 Å². The van der Waals surface area contributed by atoms with Crippen molar-refractivity contribution in [1.82, 2.24) is 14.3 Å². The van der Waals surface area contributed by atoms with Gasteiger partial charge in [-0.3, -0.25) is 9.30 Å². The molecule has 2 aromatic heterocycles. The van der Waals surface area contributed by atoms with Crippen molar-refractivity contribution < 1.29 is 0 Å². The number of pyridine rings is 1. The summed E-state index contributed by atoms with van der Waals surface area (Å²) < 4.78 is 2.31. The summed E-state index contributed by atoms with van der Waals surface area (Å²) in [5.41, 5.74) is 2.48. The van der Waals surface area contributed by atoms with E-state index in [9.17, 15) is 0 Å². The fourth-order valence-corrected chi connectivity index (χ4v) is 3.16. The molecule has 0 spiro atoms. The van der Waals surface area contributed by atoms with Crippen LogP contribution in [0.4, 0.5) is 0 Å². The molecule has 1 aliphatic heterocycles. The van der Waals surface area contributed by atoms with Crippen LogP contribution in [0.25, 0.3) is 5.52 Å². The van der Waals surface area contributed by atoms with E-state index in [1.807, 2.05) is 6.20 Å².